The summed E-state index contributed by atoms with van der Waals surface area (Å²) in [6, 6.07) is 0.578. The number of likely N-dealkylation sites (tertiary alicyclic amines) is 1. The van der Waals surface area contributed by atoms with Gasteiger partial charge in [-0.3, -0.25) is 0 Å². The summed E-state index contributed by atoms with van der Waals surface area (Å²) < 4.78 is 0. The second-order valence-corrected chi connectivity index (χ2v) is 5.76. The molecule has 1 heterocycles. The molecule has 1 saturated heterocycles. The van der Waals surface area contributed by atoms with Crippen LogP contribution >= 0.6 is 0 Å². The van der Waals surface area contributed by atoms with Crippen LogP contribution in [0.15, 0.2) is 4.99 Å². The summed E-state index contributed by atoms with van der Waals surface area (Å²) in [5.41, 5.74) is 6.72. The third kappa shape index (κ3) is 1.72. The lowest BCUT2D eigenvalue weighted by molar-refractivity contribution is 0.270. The van der Waals surface area contributed by atoms with Gasteiger partial charge in [-0.2, -0.15) is 0 Å². The Bertz CT molecular complexity index is 293. The minimum absolute atomic E-state index is 0.578. The first kappa shape index (κ1) is 9.49. The van der Waals surface area contributed by atoms with E-state index in [0.717, 1.165) is 25.0 Å². The van der Waals surface area contributed by atoms with E-state index in [1.54, 1.807) is 0 Å². The maximum Gasteiger partial charge on any atom is 0.191 e. The molecule has 2 unspecified atom stereocenters. The Morgan fingerprint density at radius 3 is 2.87 bits per heavy atom. The first-order chi connectivity index (χ1) is 7.20. The van der Waals surface area contributed by atoms with E-state index in [0.29, 0.717) is 11.5 Å². The molecule has 2 saturated carbocycles. The Morgan fingerprint density at radius 1 is 1.47 bits per heavy atom. The summed E-state index contributed by atoms with van der Waals surface area (Å²) in [4.78, 5) is 6.96. The number of hydrogen-bond donors (Lipinski definition) is 1. The molecule has 0 bridgehead atoms. The highest BCUT2D eigenvalue weighted by molar-refractivity contribution is 5.78. The molecule has 2 aliphatic carbocycles. The zero-order valence-electron chi connectivity index (χ0n) is 9.58. The molecule has 2 N–H and O–H groups in total. The van der Waals surface area contributed by atoms with E-state index in [2.05, 4.69) is 16.8 Å². The van der Waals surface area contributed by atoms with Gasteiger partial charge in [0.1, 0.15) is 0 Å². The highest BCUT2D eigenvalue weighted by atomic mass is 15.3. The maximum atomic E-state index is 6.08. The van der Waals surface area contributed by atoms with Crippen LogP contribution in [0.3, 0.4) is 0 Å². The maximum absolute atomic E-state index is 6.08. The number of aliphatic imine (C=N–C) groups is 1. The van der Waals surface area contributed by atoms with Crippen molar-refractivity contribution in [3.63, 3.8) is 0 Å². The number of rotatable bonds is 1. The van der Waals surface area contributed by atoms with Gasteiger partial charge in [0, 0.05) is 13.1 Å². The van der Waals surface area contributed by atoms with Crippen molar-refractivity contribution in [3.8, 4) is 0 Å². The zero-order valence-corrected chi connectivity index (χ0v) is 9.58. The second-order valence-electron chi connectivity index (χ2n) is 5.76. The first-order valence-electron chi connectivity index (χ1n) is 6.28. The summed E-state index contributed by atoms with van der Waals surface area (Å²) in [7, 11) is 0. The fourth-order valence-corrected chi connectivity index (χ4v) is 2.85. The van der Waals surface area contributed by atoms with E-state index in [-0.39, 0.29) is 0 Å². The van der Waals surface area contributed by atoms with E-state index >= 15 is 0 Å². The van der Waals surface area contributed by atoms with Crippen LogP contribution < -0.4 is 5.73 Å². The van der Waals surface area contributed by atoms with Gasteiger partial charge < -0.3 is 10.6 Å². The average molecular weight is 207 g/mol. The summed E-state index contributed by atoms with van der Waals surface area (Å²) in [5, 5.41) is 0. The van der Waals surface area contributed by atoms with Gasteiger partial charge in [0.2, 0.25) is 0 Å². The SMILES string of the molecule is CC1CCCN(C(N)=NC2CC23CC3)C1. The zero-order chi connectivity index (χ0) is 10.5. The van der Waals surface area contributed by atoms with Gasteiger partial charge in [0.25, 0.3) is 0 Å². The largest absolute Gasteiger partial charge is 0.370 e. The molecule has 3 aliphatic rings. The number of nitrogens with zero attached hydrogens (tertiary/aromatic N) is 2. The average Bonchev–Trinajstić information content (AvgIpc) is 3.09. The van der Waals surface area contributed by atoms with Crippen LogP contribution in [-0.4, -0.2) is 30.0 Å². The summed E-state index contributed by atoms with van der Waals surface area (Å²) in [6.07, 6.45) is 6.71. The molecule has 3 nitrogen and oxygen atoms in total. The van der Waals surface area contributed by atoms with Crippen molar-refractivity contribution in [2.24, 2.45) is 22.1 Å². The molecule has 1 spiro atoms. The monoisotopic (exact) mass is 207 g/mol. The highest BCUT2D eigenvalue weighted by Gasteiger charge is 2.63. The van der Waals surface area contributed by atoms with Crippen LogP contribution in [0.2, 0.25) is 0 Å². The number of nitrogens with two attached hydrogens (primary N) is 1. The molecule has 3 heteroatoms. The fraction of sp³-hybridized carbons (Fsp3) is 0.917. The molecule has 0 amide bonds. The molecule has 84 valence electrons. The molecule has 15 heavy (non-hydrogen) atoms. The molecule has 0 aromatic carbocycles. The van der Waals surface area contributed by atoms with Crippen molar-refractivity contribution < 1.29 is 0 Å². The Morgan fingerprint density at radius 2 is 2.27 bits per heavy atom. The lowest BCUT2D eigenvalue weighted by Gasteiger charge is -2.31. The molecule has 2 atom stereocenters. The van der Waals surface area contributed by atoms with Crippen molar-refractivity contribution >= 4 is 5.96 Å². The standard InChI is InChI=1S/C12H21N3/c1-9-3-2-6-15(8-9)11(13)14-10-7-12(10)4-5-12/h9-10H,2-8H2,1H3,(H2,13,14). The minimum atomic E-state index is 0.578. The molecule has 3 fully saturated rings. The molecule has 0 radical (unpaired) electrons. The summed E-state index contributed by atoms with van der Waals surface area (Å²) in [6.45, 7) is 4.52. The predicted octanol–water partition coefficient (Wildman–Crippen LogP) is 1.59. The number of piperidine rings is 1. The Balaban J connectivity index is 1.60. The second kappa shape index (κ2) is 3.13. The topological polar surface area (TPSA) is 41.6 Å². The van der Waals surface area contributed by atoms with Gasteiger partial charge in [0.05, 0.1) is 6.04 Å². The van der Waals surface area contributed by atoms with E-state index in [1.165, 1.54) is 32.1 Å². The first-order valence-corrected chi connectivity index (χ1v) is 6.28. The Kier molecular flexibility index (Phi) is 1.98. The van der Waals surface area contributed by atoms with Crippen molar-refractivity contribution in [2.45, 2.75) is 45.1 Å². The van der Waals surface area contributed by atoms with Gasteiger partial charge in [-0.1, -0.05) is 6.92 Å². The third-order valence-electron chi connectivity index (χ3n) is 4.31. The van der Waals surface area contributed by atoms with Crippen LogP contribution in [0.25, 0.3) is 0 Å². The van der Waals surface area contributed by atoms with Crippen molar-refractivity contribution in [1.29, 1.82) is 0 Å². The van der Waals surface area contributed by atoms with Gasteiger partial charge in [-0.15, -0.1) is 0 Å². The molecule has 0 aromatic rings. The lowest BCUT2D eigenvalue weighted by Crippen LogP contribution is -2.43. The van der Waals surface area contributed by atoms with Crippen LogP contribution in [0.1, 0.15) is 39.0 Å². The van der Waals surface area contributed by atoms with Crippen LogP contribution in [0.5, 0.6) is 0 Å². The summed E-state index contributed by atoms with van der Waals surface area (Å²) >= 11 is 0. The predicted molar refractivity (Wildman–Crippen MR) is 61.7 cm³/mol. The van der Waals surface area contributed by atoms with Crippen LogP contribution in [0, 0.1) is 11.3 Å². The number of hydrogen-bond acceptors (Lipinski definition) is 1. The van der Waals surface area contributed by atoms with Crippen molar-refractivity contribution in [3.05, 3.63) is 0 Å². The summed E-state index contributed by atoms with van der Waals surface area (Å²) in [5.74, 6) is 1.59. The molecule has 0 aromatic heterocycles. The quantitative estimate of drug-likeness (QED) is 0.524. The Labute approximate surface area is 91.7 Å². The van der Waals surface area contributed by atoms with Gasteiger partial charge in [-0.25, -0.2) is 4.99 Å². The van der Waals surface area contributed by atoms with Crippen LogP contribution in [0.4, 0.5) is 0 Å². The van der Waals surface area contributed by atoms with E-state index in [4.69, 9.17) is 5.73 Å². The smallest absolute Gasteiger partial charge is 0.191 e. The van der Waals surface area contributed by atoms with Gasteiger partial charge in [0.15, 0.2) is 5.96 Å². The van der Waals surface area contributed by atoms with E-state index in [1.807, 2.05) is 0 Å². The normalized spacial score (nSPS) is 38.2. The lowest BCUT2D eigenvalue weighted by atomic mass is 10.0. The van der Waals surface area contributed by atoms with Crippen molar-refractivity contribution in [1.82, 2.24) is 4.90 Å². The molecule has 3 rings (SSSR count). The highest BCUT2D eigenvalue weighted by Crippen LogP contribution is 2.67. The van der Waals surface area contributed by atoms with Gasteiger partial charge in [-0.05, 0) is 43.4 Å². The van der Waals surface area contributed by atoms with Gasteiger partial charge >= 0.3 is 0 Å². The molecule has 1 aliphatic heterocycles. The fourth-order valence-electron chi connectivity index (χ4n) is 2.85. The molecular weight excluding hydrogens is 186 g/mol. The van der Waals surface area contributed by atoms with E-state index in [9.17, 15) is 0 Å². The number of guanidine groups is 1. The minimum Gasteiger partial charge on any atom is -0.370 e. The van der Waals surface area contributed by atoms with E-state index < -0.39 is 0 Å². The Hall–Kier alpha value is -0.730. The van der Waals surface area contributed by atoms with Crippen molar-refractivity contribution in [2.75, 3.05) is 13.1 Å². The van der Waals surface area contributed by atoms with Crippen LogP contribution in [-0.2, 0) is 0 Å². The molecular formula is C12H21N3. The third-order valence-corrected chi connectivity index (χ3v) is 4.31.